The molecule has 11 heteroatoms. The van der Waals surface area contributed by atoms with Crippen LogP contribution in [0.1, 0.15) is 57.5 Å². The lowest BCUT2D eigenvalue weighted by Crippen LogP contribution is -2.44. The molecule has 0 saturated carbocycles. The zero-order valence-corrected chi connectivity index (χ0v) is 21.5. The number of rotatable bonds is 3. The summed E-state index contributed by atoms with van der Waals surface area (Å²) in [5, 5.41) is 4.21. The Morgan fingerprint density at radius 1 is 0.972 bits per heavy atom. The van der Waals surface area contributed by atoms with Gasteiger partial charge >= 0.3 is 18.2 Å². The molecule has 36 heavy (non-hydrogen) atoms. The Kier molecular flexibility index (Phi) is 7.06. The molecule has 0 atom stereocenters. The van der Waals surface area contributed by atoms with E-state index in [-0.39, 0.29) is 22.7 Å². The summed E-state index contributed by atoms with van der Waals surface area (Å²) in [4.78, 5) is 42.7. The zero-order valence-electron chi connectivity index (χ0n) is 21.5. The Labute approximate surface area is 208 Å². The first-order chi connectivity index (χ1) is 16.6. The highest BCUT2D eigenvalue weighted by atomic mass is 19.1. The number of aryl methyl sites for hydroxylation is 1. The molecule has 0 spiro atoms. The normalized spacial score (nSPS) is 11.8. The van der Waals surface area contributed by atoms with Gasteiger partial charge in [-0.2, -0.15) is 4.98 Å². The van der Waals surface area contributed by atoms with Crippen LogP contribution in [0.3, 0.4) is 0 Å². The molecule has 10 nitrogen and oxygen atoms in total. The quantitative estimate of drug-likeness (QED) is 0.351. The minimum atomic E-state index is -1.01. The summed E-state index contributed by atoms with van der Waals surface area (Å²) in [6.45, 7) is 11.5. The van der Waals surface area contributed by atoms with Gasteiger partial charge in [-0.15, -0.1) is 10.00 Å². The summed E-state index contributed by atoms with van der Waals surface area (Å²) in [5.74, 6) is -1.42. The number of amides is 2. The number of carbonyl (C=O) groups is 3. The number of hydrogen-bond acceptors (Lipinski definition) is 8. The number of methoxy groups -OCH3 is 1. The number of benzene rings is 1. The topological polar surface area (TPSA) is 112 Å². The fourth-order valence-electron chi connectivity index (χ4n) is 3.21. The molecule has 0 aliphatic carbocycles. The van der Waals surface area contributed by atoms with Crippen LogP contribution in [0.5, 0.6) is 0 Å². The molecule has 192 valence electrons. The van der Waals surface area contributed by atoms with Crippen molar-refractivity contribution < 1.29 is 33.0 Å². The van der Waals surface area contributed by atoms with Gasteiger partial charge in [0.25, 0.3) is 5.95 Å². The van der Waals surface area contributed by atoms with Crippen LogP contribution in [0.4, 0.5) is 19.9 Å². The average Bonchev–Trinajstić information content (AvgIpc) is 3.13. The van der Waals surface area contributed by atoms with E-state index < -0.39 is 35.2 Å². The van der Waals surface area contributed by atoms with E-state index in [2.05, 4.69) is 10.1 Å². The molecular formula is C25H29FN4O6. The molecule has 0 N–H and O–H groups in total. The third-order valence-corrected chi connectivity index (χ3v) is 4.71. The fraction of sp³-hybridized carbons (Fsp3) is 0.400. The molecule has 3 rings (SSSR count). The summed E-state index contributed by atoms with van der Waals surface area (Å²) >= 11 is 0. The van der Waals surface area contributed by atoms with Crippen LogP contribution in [0.15, 0.2) is 30.5 Å². The lowest BCUT2D eigenvalue weighted by Gasteiger charge is -2.26. The second-order valence-electron chi connectivity index (χ2n) is 10.1. The first kappa shape index (κ1) is 26.6. The minimum absolute atomic E-state index is 0.143. The van der Waals surface area contributed by atoms with Crippen molar-refractivity contribution in [2.24, 2.45) is 0 Å². The number of aromatic nitrogens is 3. The van der Waals surface area contributed by atoms with E-state index in [4.69, 9.17) is 14.2 Å². The number of halogens is 1. The number of esters is 1. The van der Waals surface area contributed by atoms with Crippen molar-refractivity contribution in [2.75, 3.05) is 12.0 Å². The van der Waals surface area contributed by atoms with E-state index in [1.165, 1.54) is 36.0 Å². The van der Waals surface area contributed by atoms with Gasteiger partial charge in [0.05, 0.1) is 12.7 Å². The van der Waals surface area contributed by atoms with Gasteiger partial charge in [0.15, 0.2) is 5.65 Å². The first-order valence-electron chi connectivity index (χ1n) is 11.1. The van der Waals surface area contributed by atoms with Crippen LogP contribution in [0.25, 0.3) is 16.8 Å². The summed E-state index contributed by atoms with van der Waals surface area (Å²) in [6, 6.07) is 5.71. The summed E-state index contributed by atoms with van der Waals surface area (Å²) in [5.41, 5.74) is -0.404. The number of nitrogens with zero attached hydrogens (tertiary/aromatic N) is 4. The minimum Gasteiger partial charge on any atom is -0.465 e. The van der Waals surface area contributed by atoms with Gasteiger partial charge < -0.3 is 14.2 Å². The Bertz CT molecular complexity index is 1310. The van der Waals surface area contributed by atoms with Crippen LogP contribution < -0.4 is 4.90 Å². The van der Waals surface area contributed by atoms with Crippen LogP contribution in [-0.2, 0) is 14.2 Å². The summed E-state index contributed by atoms with van der Waals surface area (Å²) < 4.78 is 31.6. The maximum Gasteiger partial charge on any atom is 0.427 e. The molecule has 0 fully saturated rings. The van der Waals surface area contributed by atoms with Gasteiger partial charge in [-0.25, -0.2) is 23.3 Å². The highest BCUT2D eigenvalue weighted by Crippen LogP contribution is 2.28. The standard InChI is InChI=1S/C25H29FN4O6/c1-14-11-18(26)17(13-16(14)20(31)34-8)15-9-10-29-19(12-15)27-21(28-29)30(22(32)35-24(2,3)4)23(33)36-25(5,6)7/h9-13H,1-8H3. The number of ether oxygens (including phenoxy) is 3. The Hall–Kier alpha value is -4.02. The Balaban J connectivity index is 2.08. The Morgan fingerprint density at radius 3 is 2.08 bits per heavy atom. The summed E-state index contributed by atoms with van der Waals surface area (Å²) in [6.07, 6.45) is -0.541. The lowest BCUT2D eigenvalue weighted by molar-refractivity contribution is 0.0426. The smallest absolute Gasteiger partial charge is 0.427 e. The predicted molar refractivity (Wildman–Crippen MR) is 129 cm³/mol. The van der Waals surface area contributed by atoms with E-state index in [0.717, 1.165) is 0 Å². The molecule has 2 heterocycles. The van der Waals surface area contributed by atoms with Crippen LogP contribution in [0, 0.1) is 12.7 Å². The van der Waals surface area contributed by atoms with Gasteiger partial charge in [0.2, 0.25) is 0 Å². The second-order valence-corrected chi connectivity index (χ2v) is 10.1. The van der Waals surface area contributed by atoms with Gasteiger partial charge in [-0.3, -0.25) is 0 Å². The van der Waals surface area contributed by atoms with Crippen molar-refractivity contribution in [1.82, 2.24) is 14.6 Å². The number of carbonyl (C=O) groups excluding carboxylic acids is 3. The van der Waals surface area contributed by atoms with Crippen LogP contribution in [-0.4, -0.2) is 51.1 Å². The fourth-order valence-corrected chi connectivity index (χ4v) is 3.21. The molecule has 0 radical (unpaired) electrons. The molecule has 2 aromatic heterocycles. The van der Waals surface area contributed by atoms with Crippen molar-refractivity contribution in [3.63, 3.8) is 0 Å². The number of fused-ring (bicyclic) bond motifs is 1. The molecule has 0 unspecified atom stereocenters. The number of pyridine rings is 1. The lowest BCUT2D eigenvalue weighted by atomic mass is 9.99. The van der Waals surface area contributed by atoms with E-state index in [1.54, 1.807) is 54.5 Å². The Morgan fingerprint density at radius 2 is 1.56 bits per heavy atom. The largest absolute Gasteiger partial charge is 0.465 e. The van der Waals surface area contributed by atoms with Crippen molar-refractivity contribution in [3.8, 4) is 11.1 Å². The van der Waals surface area contributed by atoms with Crippen molar-refractivity contribution in [2.45, 2.75) is 59.7 Å². The van der Waals surface area contributed by atoms with E-state index in [1.807, 2.05) is 0 Å². The highest BCUT2D eigenvalue weighted by Gasteiger charge is 2.35. The van der Waals surface area contributed by atoms with Gasteiger partial charge in [-0.05, 0) is 83.9 Å². The third kappa shape index (κ3) is 5.96. The maximum absolute atomic E-state index is 14.8. The SMILES string of the molecule is COC(=O)c1cc(-c2ccn3nc(N(C(=O)OC(C)(C)C)C(=O)OC(C)(C)C)nc3c2)c(F)cc1C. The zero-order chi connectivity index (χ0) is 27.0. The molecule has 0 saturated heterocycles. The first-order valence-corrected chi connectivity index (χ1v) is 11.1. The molecule has 2 amide bonds. The van der Waals surface area contributed by atoms with Gasteiger partial charge in [-0.1, -0.05) is 0 Å². The number of anilines is 1. The van der Waals surface area contributed by atoms with Crippen molar-refractivity contribution in [3.05, 3.63) is 47.4 Å². The monoisotopic (exact) mass is 500 g/mol. The van der Waals surface area contributed by atoms with E-state index >= 15 is 0 Å². The van der Waals surface area contributed by atoms with Crippen molar-refractivity contribution >= 4 is 29.8 Å². The average molecular weight is 501 g/mol. The molecule has 3 aromatic rings. The highest BCUT2D eigenvalue weighted by molar-refractivity contribution is 6.08. The maximum atomic E-state index is 14.8. The van der Waals surface area contributed by atoms with Gasteiger partial charge in [0.1, 0.15) is 17.0 Å². The summed E-state index contributed by atoms with van der Waals surface area (Å²) in [7, 11) is 1.25. The van der Waals surface area contributed by atoms with E-state index in [9.17, 15) is 18.8 Å². The second kappa shape index (κ2) is 9.56. The van der Waals surface area contributed by atoms with Crippen LogP contribution >= 0.6 is 0 Å². The van der Waals surface area contributed by atoms with E-state index in [0.29, 0.717) is 16.0 Å². The van der Waals surface area contributed by atoms with Crippen molar-refractivity contribution in [1.29, 1.82) is 0 Å². The third-order valence-electron chi connectivity index (χ3n) is 4.71. The molecule has 1 aromatic carbocycles. The molecule has 0 bridgehead atoms. The molecule has 0 aliphatic heterocycles. The number of hydrogen-bond donors (Lipinski definition) is 0. The molecular weight excluding hydrogens is 471 g/mol. The number of imide groups is 1. The van der Waals surface area contributed by atoms with Gasteiger partial charge in [0, 0.05) is 11.8 Å². The molecule has 0 aliphatic rings. The predicted octanol–water partition coefficient (Wildman–Crippen LogP) is 5.31. The van der Waals surface area contributed by atoms with Crippen LogP contribution in [0.2, 0.25) is 0 Å².